The van der Waals surface area contributed by atoms with Gasteiger partial charge in [0.25, 0.3) is 0 Å². The molecule has 169 valence electrons. The zero-order valence-corrected chi connectivity index (χ0v) is 20.3. The van der Waals surface area contributed by atoms with Crippen LogP contribution in [0.25, 0.3) is 0 Å². The van der Waals surface area contributed by atoms with E-state index in [1.54, 1.807) is 0 Å². The SMILES string of the molecule is CC(=O)[CH-]C(C)=O.CC(=O)[CH-]C(C)=O.CC(=O)[CH-]C(C)=O.CC(=O)[CH-]C(C)=O.[Ir]. The van der Waals surface area contributed by atoms with Crippen molar-refractivity contribution in [3.05, 3.63) is 25.7 Å². The van der Waals surface area contributed by atoms with Crippen molar-refractivity contribution in [2.45, 2.75) is 55.4 Å². The van der Waals surface area contributed by atoms with Gasteiger partial charge in [-0.2, -0.15) is 0 Å². The minimum absolute atomic E-state index is 0. The maximum absolute atomic E-state index is 9.98. The summed E-state index contributed by atoms with van der Waals surface area (Å²) >= 11 is 0. The summed E-state index contributed by atoms with van der Waals surface area (Å²) < 4.78 is 0. The standard InChI is InChI=1S/4C5H7O2.Ir/c4*1-4(6)3-5(2)7;/h4*3H,1-2H3;/q4*-1;. The predicted molar refractivity (Wildman–Crippen MR) is 103 cm³/mol. The summed E-state index contributed by atoms with van der Waals surface area (Å²) in [7, 11) is 0. The van der Waals surface area contributed by atoms with Crippen molar-refractivity contribution in [3.8, 4) is 0 Å². The van der Waals surface area contributed by atoms with E-state index in [0.29, 0.717) is 0 Å². The third-order valence-electron chi connectivity index (χ3n) is 1.63. The van der Waals surface area contributed by atoms with E-state index in [1.165, 1.54) is 55.4 Å². The van der Waals surface area contributed by atoms with Gasteiger partial charge in [-0.3, -0.25) is 25.7 Å². The summed E-state index contributed by atoms with van der Waals surface area (Å²) in [5.41, 5.74) is 0. The van der Waals surface area contributed by atoms with Gasteiger partial charge in [-0.25, -0.2) is 0 Å². The number of Topliss-reactive ketones (excluding diaryl/α,β-unsaturated/α-hetero) is 8. The number of hydrogen-bond donors (Lipinski definition) is 0. The van der Waals surface area contributed by atoms with Crippen LogP contribution in [0.1, 0.15) is 55.4 Å². The summed E-state index contributed by atoms with van der Waals surface area (Å²) in [5, 5.41) is 0. The smallest absolute Gasteiger partial charge is 0.00219 e. The Morgan fingerprint density at radius 2 is 0.379 bits per heavy atom. The summed E-state index contributed by atoms with van der Waals surface area (Å²) in [6, 6.07) is 0. The Balaban J connectivity index is -0.0000000873. The van der Waals surface area contributed by atoms with Crippen LogP contribution in [0.15, 0.2) is 0 Å². The van der Waals surface area contributed by atoms with Crippen LogP contribution in [0, 0.1) is 25.7 Å². The van der Waals surface area contributed by atoms with Crippen LogP contribution in [-0.2, 0) is 58.5 Å². The molecule has 0 bridgehead atoms. The Kier molecular flexibility index (Phi) is 30.2. The molecule has 0 aromatic carbocycles. The Hall–Kier alpha value is -2.51. The zero-order chi connectivity index (χ0) is 23.4. The molecule has 0 saturated heterocycles. The molecule has 8 nitrogen and oxygen atoms in total. The number of carbonyl (C=O) groups is 8. The van der Waals surface area contributed by atoms with Gasteiger partial charge in [0.15, 0.2) is 0 Å². The fourth-order valence-electron chi connectivity index (χ4n) is 1.14. The van der Waals surface area contributed by atoms with Crippen LogP contribution >= 0.6 is 0 Å². The Labute approximate surface area is 185 Å². The third-order valence-corrected chi connectivity index (χ3v) is 1.63. The molecule has 0 N–H and O–H groups in total. The van der Waals surface area contributed by atoms with Crippen molar-refractivity contribution in [3.63, 3.8) is 0 Å². The van der Waals surface area contributed by atoms with Gasteiger partial charge in [0, 0.05) is 66.4 Å². The first-order valence-electron chi connectivity index (χ1n) is 7.94. The molecule has 0 aliphatic carbocycles. The molecule has 29 heavy (non-hydrogen) atoms. The van der Waals surface area contributed by atoms with Gasteiger partial charge < -0.3 is 38.4 Å². The van der Waals surface area contributed by atoms with Gasteiger partial charge in [0.1, 0.15) is 0 Å². The summed E-state index contributed by atoms with van der Waals surface area (Å²) in [4.78, 5) is 79.8. The van der Waals surface area contributed by atoms with E-state index in [-0.39, 0.29) is 66.4 Å². The van der Waals surface area contributed by atoms with Gasteiger partial charge >= 0.3 is 0 Å². The van der Waals surface area contributed by atoms with Gasteiger partial charge in [0.05, 0.1) is 0 Å². The zero-order valence-electron chi connectivity index (χ0n) is 17.9. The van der Waals surface area contributed by atoms with Gasteiger partial charge in [0.2, 0.25) is 0 Å². The first-order chi connectivity index (χ1) is 12.5. The molecule has 0 fully saturated rings. The fraction of sp³-hybridized carbons (Fsp3) is 0.400. The van der Waals surface area contributed by atoms with E-state index in [4.69, 9.17) is 0 Å². The van der Waals surface area contributed by atoms with Crippen LogP contribution < -0.4 is 0 Å². The number of ketones is 8. The minimum Gasteiger partial charge on any atom is -0.334 e. The van der Waals surface area contributed by atoms with Crippen LogP contribution in [-0.4, -0.2) is 46.3 Å². The molecule has 0 aromatic rings. The van der Waals surface area contributed by atoms with Gasteiger partial charge in [-0.05, 0) is 55.4 Å². The third kappa shape index (κ3) is 77.3. The van der Waals surface area contributed by atoms with E-state index >= 15 is 0 Å². The van der Waals surface area contributed by atoms with Crippen LogP contribution in [0.2, 0.25) is 0 Å². The molecule has 0 rings (SSSR count). The molecule has 0 aliphatic heterocycles. The number of carbonyl (C=O) groups excluding carboxylic acids is 8. The average molecular weight is 589 g/mol. The van der Waals surface area contributed by atoms with Crippen LogP contribution in [0.4, 0.5) is 0 Å². The summed E-state index contributed by atoms with van der Waals surface area (Å²) in [6.07, 6.45) is 4.22. The first-order valence-corrected chi connectivity index (χ1v) is 7.94. The maximum atomic E-state index is 9.98. The largest absolute Gasteiger partial charge is 0.334 e. The second kappa shape index (κ2) is 23.5. The van der Waals surface area contributed by atoms with Crippen molar-refractivity contribution < 1.29 is 58.5 Å². The van der Waals surface area contributed by atoms with Crippen molar-refractivity contribution >= 4 is 46.3 Å². The molecule has 1 radical (unpaired) electrons. The summed E-state index contributed by atoms with van der Waals surface area (Å²) in [6.45, 7) is 10.8. The molecular weight excluding hydrogens is 560 g/mol. The molecular formula is C20H28IrO8-4. The van der Waals surface area contributed by atoms with Crippen molar-refractivity contribution in [1.82, 2.24) is 0 Å². The van der Waals surface area contributed by atoms with E-state index in [1.807, 2.05) is 0 Å². The molecule has 0 saturated carbocycles. The average Bonchev–Trinajstić information content (AvgIpc) is 2.32. The van der Waals surface area contributed by atoms with Crippen molar-refractivity contribution in [2.75, 3.05) is 0 Å². The minimum atomic E-state index is -0.187. The maximum Gasteiger partial charge on any atom is 0.00219 e. The van der Waals surface area contributed by atoms with Gasteiger partial charge in [-0.15, -0.1) is 0 Å². The second-order valence-corrected chi connectivity index (χ2v) is 5.46. The van der Waals surface area contributed by atoms with E-state index in [2.05, 4.69) is 0 Å². The molecule has 0 aliphatic rings. The van der Waals surface area contributed by atoms with Crippen LogP contribution in [0.3, 0.4) is 0 Å². The molecule has 0 heterocycles. The molecule has 9 heteroatoms. The molecule has 0 aromatic heterocycles. The summed E-state index contributed by atoms with van der Waals surface area (Å²) in [5.74, 6) is -1.50. The van der Waals surface area contributed by atoms with Gasteiger partial charge in [-0.1, -0.05) is 0 Å². The molecule has 0 amide bonds. The predicted octanol–water partition coefficient (Wildman–Crippen LogP) is 1.47. The van der Waals surface area contributed by atoms with E-state index in [9.17, 15) is 38.4 Å². The van der Waals surface area contributed by atoms with E-state index < -0.39 is 0 Å². The topological polar surface area (TPSA) is 137 Å². The van der Waals surface area contributed by atoms with Crippen molar-refractivity contribution in [1.29, 1.82) is 0 Å². The molecule has 0 unspecified atom stereocenters. The Morgan fingerprint density at radius 1 is 0.310 bits per heavy atom. The number of hydrogen-bond acceptors (Lipinski definition) is 8. The molecule has 0 atom stereocenters. The first kappa shape index (κ1) is 37.3. The quantitative estimate of drug-likeness (QED) is 0.307. The Bertz CT molecular complexity index is 439. The normalized spacial score (nSPS) is 7.45. The Morgan fingerprint density at radius 3 is 0.379 bits per heavy atom. The monoisotopic (exact) mass is 589 g/mol. The fourth-order valence-corrected chi connectivity index (χ4v) is 1.14. The molecule has 0 spiro atoms. The van der Waals surface area contributed by atoms with Crippen molar-refractivity contribution in [2.24, 2.45) is 0 Å². The number of rotatable bonds is 8. The second-order valence-electron chi connectivity index (χ2n) is 5.46. The van der Waals surface area contributed by atoms with E-state index in [0.717, 1.165) is 25.7 Å². The van der Waals surface area contributed by atoms with Crippen LogP contribution in [0.5, 0.6) is 0 Å².